The van der Waals surface area contributed by atoms with E-state index in [0.717, 1.165) is 15.6 Å². The zero-order valence-electron chi connectivity index (χ0n) is 20.9. The van der Waals surface area contributed by atoms with E-state index in [1.807, 2.05) is 72.8 Å². The third kappa shape index (κ3) is 4.94. The van der Waals surface area contributed by atoms with Crippen LogP contribution in [-0.4, -0.2) is 24.7 Å². The Morgan fingerprint density at radius 3 is 2.58 bits per heavy atom. The number of hydrogen-bond acceptors (Lipinski definition) is 6. The minimum Gasteiger partial charge on any atom is -0.497 e. The summed E-state index contributed by atoms with van der Waals surface area (Å²) in [7, 11) is 3.17. The molecule has 192 valence electrons. The fraction of sp³-hybridized carbons (Fsp3) is 0.138. The van der Waals surface area contributed by atoms with E-state index >= 15 is 0 Å². The standard InChI is InChI=1S/C29H24BrN3O4S/c1-17-25(27(34)32-21-9-5-4-6-10-21)26(18-8-7-11-22(15-18)36-2)33-28(35)24(38-29(33)31-17)16-19-14-20(30)12-13-23(19)37-3/h4-16,26H,1-3H3,(H,32,34)/b24-16-. The third-order valence-electron chi connectivity index (χ3n) is 6.19. The predicted octanol–water partition coefficient (Wildman–Crippen LogP) is 4.65. The SMILES string of the molecule is COc1cccc(C2C(C(=O)Nc3ccccc3)=C(C)N=c3s/c(=C\c4cc(Br)ccc4OC)c(=O)n32)c1. The summed E-state index contributed by atoms with van der Waals surface area (Å²) in [6.07, 6.45) is 1.79. The lowest BCUT2D eigenvalue weighted by Crippen LogP contribution is -2.40. The normalized spacial score (nSPS) is 15.1. The number of nitrogens with one attached hydrogen (secondary N) is 1. The number of thiazole rings is 1. The summed E-state index contributed by atoms with van der Waals surface area (Å²) in [5, 5.41) is 2.96. The summed E-state index contributed by atoms with van der Waals surface area (Å²) in [5.41, 5.74) is 2.83. The second-order valence-electron chi connectivity index (χ2n) is 8.56. The van der Waals surface area contributed by atoms with Gasteiger partial charge in [0, 0.05) is 15.7 Å². The first-order valence-corrected chi connectivity index (χ1v) is 13.4. The number of carbonyl (C=O) groups excluding carboxylic acids is 1. The Labute approximate surface area is 231 Å². The number of para-hydroxylation sites is 1. The minimum atomic E-state index is -0.698. The van der Waals surface area contributed by atoms with Gasteiger partial charge >= 0.3 is 0 Å². The molecule has 1 aliphatic heterocycles. The monoisotopic (exact) mass is 589 g/mol. The number of halogens is 1. The molecular formula is C29H24BrN3O4S. The Hall–Kier alpha value is -3.95. The molecule has 2 heterocycles. The van der Waals surface area contributed by atoms with E-state index < -0.39 is 6.04 Å². The fourth-order valence-corrected chi connectivity index (χ4v) is 5.83. The topological polar surface area (TPSA) is 81.9 Å². The first-order chi connectivity index (χ1) is 18.4. The molecule has 1 aliphatic rings. The van der Waals surface area contributed by atoms with Gasteiger partial charge in [0.05, 0.1) is 36.1 Å². The molecule has 0 bridgehead atoms. The van der Waals surface area contributed by atoms with Crippen LogP contribution in [0.25, 0.3) is 6.08 Å². The molecule has 1 unspecified atom stereocenters. The number of nitrogens with zero attached hydrogens (tertiary/aromatic N) is 2. The summed E-state index contributed by atoms with van der Waals surface area (Å²) in [6, 6.07) is 21.5. The van der Waals surface area contributed by atoms with Crippen LogP contribution in [0.15, 0.2) is 98.3 Å². The highest BCUT2D eigenvalue weighted by Crippen LogP contribution is 2.32. The molecule has 1 N–H and O–H groups in total. The largest absolute Gasteiger partial charge is 0.497 e. The predicted molar refractivity (Wildman–Crippen MR) is 153 cm³/mol. The quantitative estimate of drug-likeness (QED) is 0.355. The average molecular weight is 590 g/mol. The number of methoxy groups -OCH3 is 2. The number of hydrogen-bond donors (Lipinski definition) is 1. The van der Waals surface area contributed by atoms with Crippen molar-refractivity contribution in [1.29, 1.82) is 0 Å². The van der Waals surface area contributed by atoms with Crippen LogP contribution in [0.2, 0.25) is 0 Å². The molecule has 0 aliphatic carbocycles. The molecule has 1 amide bonds. The number of amides is 1. The van der Waals surface area contributed by atoms with E-state index in [0.29, 0.717) is 37.8 Å². The van der Waals surface area contributed by atoms with E-state index in [9.17, 15) is 9.59 Å². The van der Waals surface area contributed by atoms with E-state index in [1.165, 1.54) is 11.3 Å². The number of fused-ring (bicyclic) bond motifs is 1. The minimum absolute atomic E-state index is 0.249. The Bertz CT molecular complexity index is 1740. The molecule has 0 saturated heterocycles. The Balaban J connectivity index is 1.71. The second-order valence-corrected chi connectivity index (χ2v) is 10.5. The number of rotatable bonds is 6. The van der Waals surface area contributed by atoms with E-state index in [-0.39, 0.29) is 11.5 Å². The van der Waals surface area contributed by atoms with Crippen LogP contribution in [0.4, 0.5) is 5.69 Å². The summed E-state index contributed by atoms with van der Waals surface area (Å²) in [5.74, 6) is 0.941. The van der Waals surface area contributed by atoms with Gasteiger partial charge in [0.25, 0.3) is 11.5 Å². The molecule has 0 saturated carbocycles. The Kier molecular flexibility index (Phi) is 7.31. The summed E-state index contributed by atoms with van der Waals surface area (Å²) < 4.78 is 13.9. The van der Waals surface area contributed by atoms with Gasteiger partial charge in [-0.15, -0.1) is 0 Å². The zero-order valence-corrected chi connectivity index (χ0v) is 23.3. The van der Waals surface area contributed by atoms with Crippen molar-refractivity contribution in [2.24, 2.45) is 4.99 Å². The van der Waals surface area contributed by atoms with Crippen molar-refractivity contribution in [3.05, 3.63) is 119 Å². The van der Waals surface area contributed by atoms with Crippen molar-refractivity contribution in [3.8, 4) is 11.5 Å². The molecule has 4 aromatic rings. The number of aromatic nitrogens is 1. The third-order valence-corrected chi connectivity index (χ3v) is 7.66. The number of carbonyl (C=O) groups is 1. The highest BCUT2D eigenvalue weighted by molar-refractivity contribution is 9.10. The van der Waals surface area contributed by atoms with Gasteiger partial charge in [-0.25, -0.2) is 4.99 Å². The average Bonchev–Trinajstić information content (AvgIpc) is 3.22. The molecule has 1 aromatic heterocycles. The second kappa shape index (κ2) is 10.8. The van der Waals surface area contributed by atoms with Gasteiger partial charge in [0.1, 0.15) is 11.5 Å². The van der Waals surface area contributed by atoms with Gasteiger partial charge in [-0.2, -0.15) is 0 Å². The van der Waals surface area contributed by atoms with Crippen LogP contribution in [0.5, 0.6) is 11.5 Å². The molecule has 9 heteroatoms. The lowest BCUT2D eigenvalue weighted by Gasteiger charge is -2.25. The molecule has 0 spiro atoms. The lowest BCUT2D eigenvalue weighted by molar-refractivity contribution is -0.113. The van der Waals surface area contributed by atoms with Crippen LogP contribution < -0.4 is 29.7 Å². The summed E-state index contributed by atoms with van der Waals surface area (Å²) in [6.45, 7) is 1.79. The molecule has 3 aromatic carbocycles. The highest BCUT2D eigenvalue weighted by atomic mass is 79.9. The van der Waals surface area contributed by atoms with Crippen molar-refractivity contribution in [2.75, 3.05) is 19.5 Å². The maximum atomic E-state index is 13.9. The Morgan fingerprint density at radius 1 is 1.05 bits per heavy atom. The first-order valence-electron chi connectivity index (χ1n) is 11.8. The number of benzene rings is 3. The highest BCUT2D eigenvalue weighted by Gasteiger charge is 2.32. The summed E-state index contributed by atoms with van der Waals surface area (Å²) >= 11 is 4.76. The van der Waals surface area contributed by atoms with Crippen molar-refractivity contribution in [1.82, 2.24) is 4.57 Å². The maximum absolute atomic E-state index is 13.9. The molecule has 5 rings (SSSR count). The molecule has 0 fully saturated rings. The number of ether oxygens (including phenoxy) is 2. The smallest absolute Gasteiger partial charge is 0.271 e. The van der Waals surface area contributed by atoms with Crippen LogP contribution in [-0.2, 0) is 4.79 Å². The van der Waals surface area contributed by atoms with Crippen LogP contribution in [0.1, 0.15) is 24.1 Å². The first kappa shape index (κ1) is 25.7. The molecule has 38 heavy (non-hydrogen) atoms. The van der Waals surface area contributed by atoms with E-state index in [1.54, 1.807) is 31.8 Å². The van der Waals surface area contributed by atoms with Crippen molar-refractivity contribution >= 4 is 44.9 Å². The van der Waals surface area contributed by atoms with Crippen molar-refractivity contribution in [2.45, 2.75) is 13.0 Å². The van der Waals surface area contributed by atoms with Crippen LogP contribution in [0, 0.1) is 0 Å². The van der Waals surface area contributed by atoms with E-state index in [2.05, 4.69) is 21.2 Å². The van der Waals surface area contributed by atoms with Gasteiger partial charge in [-0.1, -0.05) is 57.6 Å². The van der Waals surface area contributed by atoms with Gasteiger partial charge in [0.2, 0.25) is 0 Å². The number of anilines is 1. The van der Waals surface area contributed by atoms with E-state index in [4.69, 9.17) is 14.5 Å². The van der Waals surface area contributed by atoms with Gasteiger partial charge in [0.15, 0.2) is 4.80 Å². The summed E-state index contributed by atoms with van der Waals surface area (Å²) in [4.78, 5) is 32.8. The van der Waals surface area contributed by atoms with Crippen molar-refractivity contribution in [3.63, 3.8) is 0 Å². The van der Waals surface area contributed by atoms with Crippen molar-refractivity contribution < 1.29 is 14.3 Å². The Morgan fingerprint density at radius 2 is 1.84 bits per heavy atom. The van der Waals surface area contributed by atoms with Gasteiger partial charge in [-0.3, -0.25) is 14.2 Å². The molecule has 0 radical (unpaired) electrons. The lowest BCUT2D eigenvalue weighted by atomic mass is 9.95. The number of allylic oxidation sites excluding steroid dienone is 1. The molecule has 1 atom stereocenters. The van der Waals surface area contributed by atoms with Gasteiger partial charge < -0.3 is 14.8 Å². The maximum Gasteiger partial charge on any atom is 0.271 e. The molecule has 7 nitrogen and oxygen atoms in total. The van der Waals surface area contributed by atoms with Crippen LogP contribution >= 0.6 is 27.3 Å². The fourth-order valence-electron chi connectivity index (χ4n) is 4.42. The zero-order chi connectivity index (χ0) is 26.8. The van der Waals surface area contributed by atoms with Gasteiger partial charge in [-0.05, 0) is 61.0 Å². The molecular weight excluding hydrogens is 566 g/mol. The van der Waals surface area contributed by atoms with Crippen LogP contribution in [0.3, 0.4) is 0 Å².